The molecule has 1 fully saturated rings. The Kier molecular flexibility index (Phi) is 7.95. The first-order valence-electron chi connectivity index (χ1n) is 10.8. The molecule has 0 spiro atoms. The zero-order chi connectivity index (χ0) is 22.2. The van der Waals surface area contributed by atoms with Crippen LogP contribution in [0.25, 0.3) is 0 Å². The highest BCUT2D eigenvalue weighted by atomic mass is 16.5. The SMILES string of the molecule is C=CCc1cc(C(=O)NCC(C)N2CCN(c3ccccc3)CC2)cc(OC)c1OC. The maximum Gasteiger partial charge on any atom is 0.251 e. The number of anilines is 1. The fourth-order valence-corrected chi connectivity index (χ4v) is 4.01. The van der Waals surface area contributed by atoms with Crippen LogP contribution in [0.5, 0.6) is 11.5 Å². The predicted molar refractivity (Wildman–Crippen MR) is 125 cm³/mol. The van der Waals surface area contributed by atoms with Gasteiger partial charge in [-0.2, -0.15) is 0 Å². The molecule has 166 valence electrons. The molecule has 2 aromatic carbocycles. The van der Waals surface area contributed by atoms with E-state index in [2.05, 4.69) is 52.9 Å². The van der Waals surface area contributed by atoms with Gasteiger partial charge in [-0.25, -0.2) is 0 Å². The monoisotopic (exact) mass is 423 g/mol. The molecule has 1 unspecified atom stereocenters. The molecule has 0 aliphatic carbocycles. The van der Waals surface area contributed by atoms with Crippen LogP contribution in [0.15, 0.2) is 55.1 Å². The Bertz CT molecular complexity index is 877. The lowest BCUT2D eigenvalue weighted by Gasteiger charge is -2.39. The number of nitrogens with zero attached hydrogens (tertiary/aromatic N) is 2. The molecule has 1 saturated heterocycles. The number of para-hydroxylation sites is 1. The van der Waals surface area contributed by atoms with Crippen molar-refractivity contribution in [2.75, 3.05) is 51.8 Å². The Labute approximate surface area is 185 Å². The lowest BCUT2D eigenvalue weighted by Crippen LogP contribution is -2.52. The molecule has 6 heteroatoms. The first-order chi connectivity index (χ1) is 15.1. The normalized spacial score (nSPS) is 15.3. The molecule has 1 amide bonds. The highest BCUT2D eigenvalue weighted by Gasteiger charge is 2.22. The second-order valence-corrected chi connectivity index (χ2v) is 7.78. The van der Waals surface area contributed by atoms with Crippen molar-refractivity contribution in [2.24, 2.45) is 0 Å². The van der Waals surface area contributed by atoms with Crippen molar-refractivity contribution in [3.05, 3.63) is 66.2 Å². The van der Waals surface area contributed by atoms with Crippen molar-refractivity contribution >= 4 is 11.6 Å². The lowest BCUT2D eigenvalue weighted by molar-refractivity contribution is 0.0934. The fourth-order valence-electron chi connectivity index (χ4n) is 4.01. The van der Waals surface area contributed by atoms with Crippen molar-refractivity contribution in [3.63, 3.8) is 0 Å². The van der Waals surface area contributed by atoms with E-state index in [1.54, 1.807) is 26.4 Å². The standard InChI is InChI=1S/C25H33N3O3/c1-5-9-20-16-21(17-23(30-3)24(20)31-4)25(29)26-18-19(2)27-12-14-28(15-13-27)22-10-7-6-8-11-22/h5-8,10-11,16-17,19H,1,9,12-15,18H2,2-4H3,(H,26,29). The Morgan fingerprint density at radius 2 is 1.84 bits per heavy atom. The molecule has 6 nitrogen and oxygen atoms in total. The number of carbonyl (C=O) groups is 1. The topological polar surface area (TPSA) is 54.0 Å². The van der Waals surface area contributed by atoms with Gasteiger partial charge in [0, 0.05) is 55.6 Å². The van der Waals surface area contributed by atoms with Crippen LogP contribution in [0.2, 0.25) is 0 Å². The van der Waals surface area contributed by atoms with E-state index < -0.39 is 0 Å². The average Bonchev–Trinajstić information content (AvgIpc) is 2.82. The zero-order valence-corrected chi connectivity index (χ0v) is 18.8. The van der Waals surface area contributed by atoms with Crippen molar-refractivity contribution in [1.82, 2.24) is 10.2 Å². The van der Waals surface area contributed by atoms with Gasteiger partial charge in [-0.15, -0.1) is 6.58 Å². The summed E-state index contributed by atoms with van der Waals surface area (Å²) in [6.45, 7) is 10.5. The minimum absolute atomic E-state index is 0.110. The van der Waals surface area contributed by atoms with E-state index in [1.807, 2.05) is 12.1 Å². The summed E-state index contributed by atoms with van der Waals surface area (Å²) in [5.41, 5.74) is 2.72. The van der Waals surface area contributed by atoms with Gasteiger partial charge in [0.25, 0.3) is 5.91 Å². The van der Waals surface area contributed by atoms with Gasteiger partial charge in [-0.1, -0.05) is 24.3 Å². The van der Waals surface area contributed by atoms with Crippen LogP contribution in [-0.2, 0) is 6.42 Å². The highest BCUT2D eigenvalue weighted by molar-refractivity contribution is 5.95. The third-order valence-corrected chi connectivity index (χ3v) is 5.80. The molecule has 0 bridgehead atoms. The van der Waals surface area contributed by atoms with Crippen molar-refractivity contribution in [1.29, 1.82) is 0 Å². The summed E-state index contributed by atoms with van der Waals surface area (Å²) in [4.78, 5) is 17.7. The maximum absolute atomic E-state index is 12.8. The van der Waals surface area contributed by atoms with Gasteiger partial charge in [0.05, 0.1) is 14.2 Å². The van der Waals surface area contributed by atoms with E-state index in [-0.39, 0.29) is 11.9 Å². The van der Waals surface area contributed by atoms with Crippen LogP contribution in [0.3, 0.4) is 0 Å². The third kappa shape index (κ3) is 5.58. The molecule has 1 heterocycles. The van der Waals surface area contributed by atoms with Crippen molar-refractivity contribution in [2.45, 2.75) is 19.4 Å². The lowest BCUT2D eigenvalue weighted by atomic mass is 10.0. The summed E-state index contributed by atoms with van der Waals surface area (Å²) >= 11 is 0. The Balaban J connectivity index is 1.57. The Morgan fingerprint density at radius 3 is 2.45 bits per heavy atom. The summed E-state index contributed by atoms with van der Waals surface area (Å²) in [5, 5.41) is 3.08. The van der Waals surface area contributed by atoms with Gasteiger partial charge >= 0.3 is 0 Å². The first-order valence-corrected chi connectivity index (χ1v) is 10.8. The summed E-state index contributed by atoms with van der Waals surface area (Å²) in [7, 11) is 3.18. The van der Waals surface area contributed by atoms with Gasteiger partial charge in [0.2, 0.25) is 0 Å². The van der Waals surface area contributed by atoms with Crippen LogP contribution in [0, 0.1) is 0 Å². The number of ether oxygens (including phenoxy) is 2. The van der Waals surface area contributed by atoms with Gasteiger partial charge in [0.1, 0.15) is 0 Å². The number of nitrogens with one attached hydrogen (secondary N) is 1. The highest BCUT2D eigenvalue weighted by Crippen LogP contribution is 2.33. The maximum atomic E-state index is 12.8. The van der Waals surface area contributed by atoms with Crippen LogP contribution in [0.4, 0.5) is 5.69 Å². The summed E-state index contributed by atoms with van der Waals surface area (Å²) in [5.74, 6) is 1.08. The number of amides is 1. The molecule has 1 aliphatic heterocycles. The van der Waals surface area contributed by atoms with Gasteiger partial charge in [-0.3, -0.25) is 9.69 Å². The van der Waals surface area contributed by atoms with Crippen LogP contribution in [-0.4, -0.2) is 63.8 Å². The molecule has 31 heavy (non-hydrogen) atoms. The Morgan fingerprint density at radius 1 is 1.13 bits per heavy atom. The largest absolute Gasteiger partial charge is 0.493 e. The smallest absolute Gasteiger partial charge is 0.251 e. The van der Waals surface area contributed by atoms with E-state index in [1.165, 1.54) is 5.69 Å². The number of hydrogen-bond donors (Lipinski definition) is 1. The molecule has 1 atom stereocenters. The number of benzene rings is 2. The van der Waals surface area contributed by atoms with E-state index >= 15 is 0 Å². The molecule has 3 rings (SSSR count). The molecule has 0 aromatic heterocycles. The van der Waals surface area contributed by atoms with Gasteiger partial charge < -0.3 is 19.7 Å². The predicted octanol–water partition coefficient (Wildman–Crippen LogP) is 3.37. The molecule has 0 radical (unpaired) electrons. The van der Waals surface area contributed by atoms with Gasteiger partial charge in [0.15, 0.2) is 11.5 Å². The van der Waals surface area contributed by atoms with Crippen LogP contribution < -0.4 is 19.7 Å². The van der Waals surface area contributed by atoms with Crippen LogP contribution >= 0.6 is 0 Å². The zero-order valence-electron chi connectivity index (χ0n) is 18.8. The molecular weight excluding hydrogens is 390 g/mol. The summed E-state index contributed by atoms with van der Waals surface area (Å²) in [6.07, 6.45) is 2.39. The van der Waals surface area contributed by atoms with E-state index in [9.17, 15) is 4.79 Å². The first kappa shape index (κ1) is 22.7. The molecule has 2 aromatic rings. The fraction of sp³-hybridized carbons (Fsp3) is 0.400. The number of piperazine rings is 1. The van der Waals surface area contributed by atoms with E-state index in [0.717, 1.165) is 31.7 Å². The second-order valence-electron chi connectivity index (χ2n) is 7.78. The van der Waals surface area contributed by atoms with Crippen LogP contribution in [0.1, 0.15) is 22.8 Å². The Hall–Kier alpha value is -2.99. The van der Waals surface area contributed by atoms with E-state index in [0.29, 0.717) is 30.0 Å². The molecular formula is C25H33N3O3. The number of methoxy groups -OCH3 is 2. The van der Waals surface area contributed by atoms with Gasteiger partial charge in [-0.05, 0) is 37.6 Å². The summed E-state index contributed by atoms with van der Waals surface area (Å²) in [6, 6.07) is 14.3. The third-order valence-electron chi connectivity index (χ3n) is 5.80. The minimum atomic E-state index is -0.110. The molecule has 1 N–H and O–H groups in total. The summed E-state index contributed by atoms with van der Waals surface area (Å²) < 4.78 is 10.9. The van der Waals surface area contributed by atoms with Crippen molar-refractivity contribution < 1.29 is 14.3 Å². The number of hydrogen-bond acceptors (Lipinski definition) is 5. The number of carbonyl (C=O) groups excluding carboxylic acids is 1. The number of allylic oxidation sites excluding steroid dienone is 1. The average molecular weight is 424 g/mol. The van der Waals surface area contributed by atoms with E-state index in [4.69, 9.17) is 9.47 Å². The minimum Gasteiger partial charge on any atom is -0.493 e. The van der Waals surface area contributed by atoms with Crippen molar-refractivity contribution in [3.8, 4) is 11.5 Å². The quantitative estimate of drug-likeness (QED) is 0.627. The second kappa shape index (κ2) is 10.9. The molecule has 0 saturated carbocycles. The number of rotatable bonds is 9. The molecule has 1 aliphatic rings.